The highest BCUT2D eigenvalue weighted by molar-refractivity contribution is 6.01. The van der Waals surface area contributed by atoms with E-state index in [1.165, 1.54) is 5.69 Å². The Kier molecular flexibility index (Phi) is 9.30. The Morgan fingerprint density at radius 2 is 1.65 bits per heavy atom. The van der Waals surface area contributed by atoms with Crippen molar-refractivity contribution in [1.29, 1.82) is 0 Å². The maximum Gasteiger partial charge on any atom is 0.227 e. The number of amides is 1. The minimum absolute atomic E-state index is 0.0492. The van der Waals surface area contributed by atoms with Gasteiger partial charge >= 0.3 is 0 Å². The van der Waals surface area contributed by atoms with Gasteiger partial charge in [-0.2, -0.15) is 0 Å². The third kappa shape index (κ3) is 6.76. The Morgan fingerprint density at radius 1 is 0.946 bits per heavy atom. The highest BCUT2D eigenvalue weighted by atomic mass is 16.1. The molecule has 2 aromatic carbocycles. The molecule has 1 amide bonds. The number of rotatable bonds is 6. The van der Waals surface area contributed by atoms with E-state index in [9.17, 15) is 4.79 Å². The van der Waals surface area contributed by atoms with Crippen LogP contribution in [0.4, 0.5) is 23.0 Å². The number of nitrogens with zero attached hydrogens (tertiary/aromatic N) is 4. The van der Waals surface area contributed by atoms with E-state index in [0.717, 1.165) is 74.1 Å². The molecule has 0 bridgehead atoms. The van der Waals surface area contributed by atoms with Crippen LogP contribution in [0.5, 0.6) is 0 Å². The standard InChI is InChI=1S/C27H35N7O.C2H6/c1-28-21-8-6-19(7-9-21)26(35)31-24-5-3-4-20-18-29-27(32-25(20)24)30-22-10-12-23(13-11-22)34-16-14-33(2)15-17-34;1-2/h3-5,10-13,18-19,21,28H,6-9,14-17H2,1-2H3,(H,31,35)(H,29,30,32);1-2H3. The van der Waals surface area contributed by atoms with Gasteiger partial charge in [0.15, 0.2) is 0 Å². The number of benzene rings is 2. The van der Waals surface area contributed by atoms with Gasteiger partial charge in [0.1, 0.15) is 0 Å². The van der Waals surface area contributed by atoms with Crippen LogP contribution in [-0.2, 0) is 4.79 Å². The lowest BCUT2D eigenvalue weighted by atomic mass is 9.85. The van der Waals surface area contributed by atoms with E-state index in [2.05, 4.69) is 62.0 Å². The Bertz CT molecular complexity index is 1150. The molecular formula is C29H41N7O. The van der Waals surface area contributed by atoms with Crippen molar-refractivity contribution in [2.45, 2.75) is 45.6 Å². The van der Waals surface area contributed by atoms with Crippen molar-refractivity contribution >= 4 is 39.8 Å². The molecule has 3 aromatic rings. The molecule has 5 rings (SSSR count). The first kappa shape index (κ1) is 26.8. The molecule has 1 aliphatic carbocycles. The van der Waals surface area contributed by atoms with Crippen molar-refractivity contribution < 1.29 is 4.79 Å². The molecule has 0 radical (unpaired) electrons. The van der Waals surface area contributed by atoms with Gasteiger partial charge in [-0.15, -0.1) is 0 Å². The lowest BCUT2D eigenvalue weighted by Crippen LogP contribution is -2.44. The molecule has 2 aliphatic rings. The zero-order chi connectivity index (χ0) is 26.2. The quantitative estimate of drug-likeness (QED) is 0.443. The maximum absolute atomic E-state index is 13.0. The number of hydrogen-bond donors (Lipinski definition) is 3. The first-order chi connectivity index (χ1) is 18.1. The fourth-order valence-corrected chi connectivity index (χ4v) is 5.05. The summed E-state index contributed by atoms with van der Waals surface area (Å²) in [6.45, 7) is 8.26. The predicted molar refractivity (Wildman–Crippen MR) is 154 cm³/mol. The normalized spacial score (nSPS) is 20.2. The molecule has 8 nitrogen and oxygen atoms in total. The summed E-state index contributed by atoms with van der Waals surface area (Å²) in [7, 11) is 4.16. The molecule has 0 spiro atoms. The van der Waals surface area contributed by atoms with Gasteiger partial charge in [0.2, 0.25) is 11.9 Å². The van der Waals surface area contributed by atoms with Crippen LogP contribution in [0, 0.1) is 5.92 Å². The lowest BCUT2D eigenvalue weighted by Gasteiger charge is -2.34. The number of piperazine rings is 1. The zero-order valence-electron chi connectivity index (χ0n) is 22.6. The van der Waals surface area contributed by atoms with Crippen LogP contribution < -0.4 is 20.9 Å². The summed E-state index contributed by atoms with van der Waals surface area (Å²) in [5.41, 5.74) is 3.65. The van der Waals surface area contributed by atoms with Crippen LogP contribution in [0.2, 0.25) is 0 Å². The zero-order valence-corrected chi connectivity index (χ0v) is 22.6. The van der Waals surface area contributed by atoms with E-state index in [1.807, 2.05) is 39.1 Å². The number of likely N-dealkylation sites (N-methyl/N-ethyl adjacent to an activating group) is 1. The minimum atomic E-state index is 0.0492. The summed E-state index contributed by atoms with van der Waals surface area (Å²) in [5.74, 6) is 0.647. The summed E-state index contributed by atoms with van der Waals surface area (Å²) in [6, 6.07) is 14.8. The van der Waals surface area contributed by atoms with Crippen molar-refractivity contribution in [2.24, 2.45) is 5.92 Å². The lowest BCUT2D eigenvalue weighted by molar-refractivity contribution is -0.120. The van der Waals surface area contributed by atoms with E-state index in [4.69, 9.17) is 4.98 Å². The second kappa shape index (κ2) is 12.8. The van der Waals surface area contributed by atoms with E-state index < -0.39 is 0 Å². The molecule has 1 saturated heterocycles. The van der Waals surface area contributed by atoms with Crippen LogP contribution in [0.3, 0.4) is 0 Å². The fraction of sp³-hybridized carbons (Fsp3) is 0.483. The number of carbonyl (C=O) groups excluding carboxylic acids is 1. The fourth-order valence-electron chi connectivity index (χ4n) is 5.05. The molecule has 2 heterocycles. The number of nitrogens with one attached hydrogen (secondary N) is 3. The van der Waals surface area contributed by atoms with Crippen LogP contribution in [-0.4, -0.2) is 67.1 Å². The van der Waals surface area contributed by atoms with Crippen molar-refractivity contribution in [1.82, 2.24) is 20.2 Å². The topological polar surface area (TPSA) is 85.4 Å². The molecule has 2 fully saturated rings. The summed E-state index contributed by atoms with van der Waals surface area (Å²) >= 11 is 0. The average molecular weight is 504 g/mol. The molecule has 3 N–H and O–H groups in total. The predicted octanol–water partition coefficient (Wildman–Crippen LogP) is 4.87. The van der Waals surface area contributed by atoms with Gasteiger partial charge in [0.05, 0.1) is 11.2 Å². The van der Waals surface area contributed by atoms with Gasteiger partial charge in [0.25, 0.3) is 0 Å². The Balaban J connectivity index is 0.00000156. The largest absolute Gasteiger partial charge is 0.369 e. The molecule has 1 aromatic heterocycles. The Hall–Kier alpha value is -3.23. The Morgan fingerprint density at radius 3 is 2.32 bits per heavy atom. The molecule has 0 atom stereocenters. The number of para-hydroxylation sites is 1. The summed E-state index contributed by atoms with van der Waals surface area (Å²) in [5, 5.41) is 10.7. The first-order valence-corrected chi connectivity index (χ1v) is 13.6. The van der Waals surface area contributed by atoms with E-state index in [1.54, 1.807) is 6.20 Å². The number of carbonyl (C=O) groups is 1. The van der Waals surface area contributed by atoms with Crippen LogP contribution in [0.1, 0.15) is 39.5 Å². The first-order valence-electron chi connectivity index (χ1n) is 13.6. The summed E-state index contributed by atoms with van der Waals surface area (Å²) in [4.78, 5) is 27.0. The average Bonchev–Trinajstić information content (AvgIpc) is 2.95. The molecule has 0 unspecified atom stereocenters. The second-order valence-corrected chi connectivity index (χ2v) is 9.73. The van der Waals surface area contributed by atoms with Crippen molar-refractivity contribution in [3.63, 3.8) is 0 Å². The van der Waals surface area contributed by atoms with Gasteiger partial charge in [-0.3, -0.25) is 4.79 Å². The van der Waals surface area contributed by atoms with Gasteiger partial charge in [0, 0.05) is 61.1 Å². The van der Waals surface area contributed by atoms with Gasteiger partial charge in [-0.1, -0.05) is 26.0 Å². The van der Waals surface area contributed by atoms with Crippen LogP contribution in [0.15, 0.2) is 48.7 Å². The van der Waals surface area contributed by atoms with Crippen molar-refractivity contribution in [3.05, 3.63) is 48.7 Å². The van der Waals surface area contributed by atoms with Crippen molar-refractivity contribution in [3.8, 4) is 0 Å². The molecule has 8 heteroatoms. The van der Waals surface area contributed by atoms with Gasteiger partial charge in [-0.05, 0) is 70.1 Å². The Labute approximate surface area is 220 Å². The molecule has 1 aliphatic heterocycles. The van der Waals surface area contributed by atoms with Crippen molar-refractivity contribution in [2.75, 3.05) is 55.8 Å². The van der Waals surface area contributed by atoms with E-state index >= 15 is 0 Å². The molecule has 37 heavy (non-hydrogen) atoms. The number of anilines is 4. The molecule has 1 saturated carbocycles. The monoisotopic (exact) mass is 503 g/mol. The van der Waals surface area contributed by atoms with Crippen LogP contribution >= 0.6 is 0 Å². The van der Waals surface area contributed by atoms with Crippen LogP contribution in [0.25, 0.3) is 10.9 Å². The van der Waals surface area contributed by atoms with Gasteiger partial charge in [-0.25, -0.2) is 9.97 Å². The third-order valence-corrected chi connectivity index (χ3v) is 7.37. The summed E-state index contributed by atoms with van der Waals surface area (Å²) < 4.78 is 0. The maximum atomic E-state index is 13.0. The third-order valence-electron chi connectivity index (χ3n) is 7.37. The number of hydrogen-bond acceptors (Lipinski definition) is 7. The highest BCUT2D eigenvalue weighted by Crippen LogP contribution is 2.28. The number of aromatic nitrogens is 2. The van der Waals surface area contributed by atoms with Gasteiger partial charge < -0.3 is 25.8 Å². The number of fused-ring (bicyclic) bond motifs is 1. The molecular weight excluding hydrogens is 462 g/mol. The summed E-state index contributed by atoms with van der Waals surface area (Å²) in [6.07, 6.45) is 5.70. The van der Waals surface area contributed by atoms with E-state index in [0.29, 0.717) is 12.0 Å². The van der Waals surface area contributed by atoms with E-state index in [-0.39, 0.29) is 11.8 Å². The smallest absolute Gasteiger partial charge is 0.227 e. The molecule has 198 valence electrons. The second-order valence-electron chi connectivity index (χ2n) is 9.73. The SMILES string of the molecule is CC.CNC1CCC(C(=O)Nc2cccc3cnc(Nc4ccc(N5CCN(C)CC5)cc4)nc23)CC1. The minimum Gasteiger partial charge on any atom is -0.369 e. The highest BCUT2D eigenvalue weighted by Gasteiger charge is 2.26.